The zero-order valence-electron chi connectivity index (χ0n) is 11.0. The molecule has 1 nitrogen and oxygen atoms in total. The molecule has 3 aliphatic rings. The summed E-state index contributed by atoms with van der Waals surface area (Å²) in [5.74, 6) is 6.01. The molecule has 0 bridgehead atoms. The number of hydrogen-bond acceptors (Lipinski definition) is 2. The number of hydrogen-bond donors (Lipinski definition) is 1. The van der Waals surface area contributed by atoms with E-state index in [9.17, 15) is 0 Å². The van der Waals surface area contributed by atoms with E-state index < -0.39 is 0 Å². The minimum atomic E-state index is 0.865. The van der Waals surface area contributed by atoms with Gasteiger partial charge in [0, 0.05) is 6.04 Å². The predicted molar refractivity (Wildman–Crippen MR) is 76.5 cm³/mol. The topological polar surface area (TPSA) is 12.0 Å². The number of thioether (sulfide) groups is 1. The largest absolute Gasteiger partial charge is 0.314 e. The first-order chi connectivity index (χ1) is 8.42. The second kappa shape index (κ2) is 5.97. The fourth-order valence-corrected chi connectivity index (χ4v) is 4.90. The van der Waals surface area contributed by atoms with Gasteiger partial charge in [-0.25, -0.2) is 0 Å². The molecule has 0 spiro atoms. The van der Waals surface area contributed by atoms with E-state index in [1.807, 2.05) is 0 Å². The van der Waals surface area contributed by atoms with Crippen molar-refractivity contribution >= 4 is 11.8 Å². The standard InChI is InChI=1S/C15H27NS/c1-2-14(13-4-5-13)10-15(3-1)16-11-12-6-8-17-9-7-12/h12-16H,1-11H2. The van der Waals surface area contributed by atoms with E-state index in [-0.39, 0.29) is 0 Å². The molecule has 1 N–H and O–H groups in total. The molecule has 2 atom stereocenters. The summed E-state index contributed by atoms with van der Waals surface area (Å²) in [4.78, 5) is 0. The first kappa shape index (κ1) is 12.3. The van der Waals surface area contributed by atoms with E-state index in [1.165, 1.54) is 69.4 Å². The Morgan fingerprint density at radius 3 is 2.47 bits per heavy atom. The van der Waals surface area contributed by atoms with Crippen LogP contribution >= 0.6 is 11.8 Å². The summed E-state index contributed by atoms with van der Waals surface area (Å²) >= 11 is 2.14. The lowest BCUT2D eigenvalue weighted by Crippen LogP contribution is -2.38. The highest BCUT2D eigenvalue weighted by Gasteiger charge is 2.34. The Morgan fingerprint density at radius 1 is 0.882 bits per heavy atom. The molecule has 17 heavy (non-hydrogen) atoms. The minimum absolute atomic E-state index is 0.865. The summed E-state index contributed by atoms with van der Waals surface area (Å²) in [5.41, 5.74) is 0. The van der Waals surface area contributed by atoms with Gasteiger partial charge in [-0.3, -0.25) is 0 Å². The Kier molecular flexibility index (Phi) is 4.34. The Labute approximate surface area is 111 Å². The molecule has 2 saturated carbocycles. The van der Waals surface area contributed by atoms with Gasteiger partial charge in [0.15, 0.2) is 0 Å². The first-order valence-electron chi connectivity index (χ1n) is 7.73. The van der Waals surface area contributed by atoms with Crippen molar-refractivity contribution in [3.8, 4) is 0 Å². The van der Waals surface area contributed by atoms with E-state index >= 15 is 0 Å². The van der Waals surface area contributed by atoms with Crippen LogP contribution in [0.2, 0.25) is 0 Å². The zero-order chi connectivity index (χ0) is 11.5. The van der Waals surface area contributed by atoms with E-state index in [0.29, 0.717) is 0 Å². The summed E-state index contributed by atoms with van der Waals surface area (Å²) in [6.07, 6.45) is 11.9. The van der Waals surface area contributed by atoms with Crippen LogP contribution < -0.4 is 5.32 Å². The molecular formula is C15H27NS. The molecular weight excluding hydrogens is 226 g/mol. The van der Waals surface area contributed by atoms with Gasteiger partial charge in [0.2, 0.25) is 0 Å². The second-order valence-corrected chi connectivity index (χ2v) is 7.65. The quantitative estimate of drug-likeness (QED) is 0.820. The van der Waals surface area contributed by atoms with Crippen molar-refractivity contribution in [1.29, 1.82) is 0 Å². The van der Waals surface area contributed by atoms with Crippen molar-refractivity contribution in [2.24, 2.45) is 17.8 Å². The molecule has 0 aromatic rings. The van der Waals surface area contributed by atoms with Crippen molar-refractivity contribution in [2.75, 3.05) is 18.1 Å². The third kappa shape index (κ3) is 3.64. The highest BCUT2D eigenvalue weighted by atomic mass is 32.2. The van der Waals surface area contributed by atoms with Crippen LogP contribution in [0.5, 0.6) is 0 Å². The maximum atomic E-state index is 3.89. The van der Waals surface area contributed by atoms with Crippen LogP contribution in [-0.4, -0.2) is 24.1 Å². The molecule has 0 amide bonds. The lowest BCUT2D eigenvalue weighted by molar-refractivity contribution is 0.251. The van der Waals surface area contributed by atoms with E-state index in [4.69, 9.17) is 0 Å². The first-order valence-corrected chi connectivity index (χ1v) is 8.88. The number of rotatable bonds is 4. The average Bonchev–Trinajstić information content (AvgIpc) is 3.22. The summed E-state index contributed by atoms with van der Waals surface area (Å²) < 4.78 is 0. The summed E-state index contributed by atoms with van der Waals surface area (Å²) in [5, 5.41) is 3.89. The maximum absolute atomic E-state index is 3.89. The van der Waals surface area contributed by atoms with Crippen LogP contribution in [0, 0.1) is 17.8 Å². The highest BCUT2D eigenvalue weighted by molar-refractivity contribution is 7.99. The van der Waals surface area contributed by atoms with Crippen molar-refractivity contribution < 1.29 is 0 Å². The molecule has 0 radical (unpaired) electrons. The Morgan fingerprint density at radius 2 is 1.71 bits per heavy atom. The summed E-state index contributed by atoms with van der Waals surface area (Å²) in [6, 6.07) is 0.865. The van der Waals surface area contributed by atoms with Crippen LogP contribution in [0.15, 0.2) is 0 Å². The Hall–Kier alpha value is 0.310. The van der Waals surface area contributed by atoms with Crippen LogP contribution in [-0.2, 0) is 0 Å². The molecule has 3 rings (SSSR count). The Bertz CT molecular complexity index is 233. The molecule has 2 unspecified atom stereocenters. The third-order valence-electron chi connectivity index (χ3n) is 5.04. The molecule has 1 aliphatic heterocycles. The van der Waals surface area contributed by atoms with E-state index in [2.05, 4.69) is 17.1 Å². The Balaban J connectivity index is 1.38. The highest BCUT2D eigenvalue weighted by Crippen LogP contribution is 2.43. The summed E-state index contributed by atoms with van der Waals surface area (Å²) in [6.45, 7) is 1.31. The van der Waals surface area contributed by atoms with Gasteiger partial charge in [-0.2, -0.15) is 11.8 Å². The van der Waals surface area contributed by atoms with Gasteiger partial charge >= 0.3 is 0 Å². The minimum Gasteiger partial charge on any atom is -0.314 e. The van der Waals surface area contributed by atoms with Crippen molar-refractivity contribution in [1.82, 2.24) is 5.32 Å². The van der Waals surface area contributed by atoms with E-state index in [1.54, 1.807) is 0 Å². The van der Waals surface area contributed by atoms with Crippen LogP contribution in [0.4, 0.5) is 0 Å². The van der Waals surface area contributed by atoms with Gasteiger partial charge in [-0.1, -0.05) is 12.8 Å². The van der Waals surface area contributed by atoms with Crippen molar-refractivity contribution in [3.63, 3.8) is 0 Å². The third-order valence-corrected chi connectivity index (χ3v) is 6.09. The molecule has 1 heterocycles. The van der Waals surface area contributed by atoms with Gasteiger partial charge in [0.1, 0.15) is 0 Å². The van der Waals surface area contributed by atoms with Gasteiger partial charge in [0.05, 0.1) is 0 Å². The predicted octanol–water partition coefficient (Wildman–Crippen LogP) is 3.69. The van der Waals surface area contributed by atoms with Crippen LogP contribution in [0.1, 0.15) is 51.4 Å². The van der Waals surface area contributed by atoms with Gasteiger partial charge in [-0.05, 0) is 74.3 Å². The number of nitrogens with one attached hydrogen (secondary N) is 1. The fourth-order valence-electron chi connectivity index (χ4n) is 3.69. The maximum Gasteiger partial charge on any atom is 0.00699 e. The smallest absolute Gasteiger partial charge is 0.00699 e. The van der Waals surface area contributed by atoms with Gasteiger partial charge < -0.3 is 5.32 Å². The molecule has 98 valence electrons. The summed E-state index contributed by atoms with van der Waals surface area (Å²) in [7, 11) is 0. The van der Waals surface area contributed by atoms with Crippen LogP contribution in [0.3, 0.4) is 0 Å². The molecule has 3 fully saturated rings. The second-order valence-electron chi connectivity index (χ2n) is 6.43. The molecule has 2 aliphatic carbocycles. The lowest BCUT2D eigenvalue weighted by Gasteiger charge is -2.32. The fraction of sp³-hybridized carbons (Fsp3) is 1.00. The molecule has 0 aromatic heterocycles. The normalized spacial score (nSPS) is 36.0. The molecule has 2 heteroatoms. The molecule has 1 saturated heterocycles. The molecule has 0 aromatic carbocycles. The van der Waals surface area contributed by atoms with E-state index in [0.717, 1.165) is 23.8 Å². The SMILES string of the molecule is C1CC(NCC2CCSCC2)CC(C2CC2)C1. The van der Waals surface area contributed by atoms with Crippen LogP contribution in [0.25, 0.3) is 0 Å². The monoisotopic (exact) mass is 253 g/mol. The average molecular weight is 253 g/mol. The zero-order valence-corrected chi connectivity index (χ0v) is 11.8. The van der Waals surface area contributed by atoms with Crippen molar-refractivity contribution in [3.05, 3.63) is 0 Å². The van der Waals surface area contributed by atoms with Gasteiger partial charge in [-0.15, -0.1) is 0 Å². The van der Waals surface area contributed by atoms with Crippen molar-refractivity contribution in [2.45, 2.75) is 57.4 Å². The van der Waals surface area contributed by atoms with Gasteiger partial charge in [0.25, 0.3) is 0 Å². The lowest BCUT2D eigenvalue weighted by atomic mass is 9.82.